The second-order valence-corrected chi connectivity index (χ2v) is 10.9. The van der Waals surface area contributed by atoms with Crippen LogP contribution in [0, 0.1) is 12.7 Å². The third-order valence-electron chi connectivity index (χ3n) is 5.08. The van der Waals surface area contributed by atoms with Crippen LogP contribution in [0.15, 0.2) is 53.4 Å². The quantitative estimate of drug-likeness (QED) is 0.356. The van der Waals surface area contributed by atoms with Gasteiger partial charge < -0.3 is 10.1 Å². The molecule has 1 amide bonds. The van der Waals surface area contributed by atoms with Crippen molar-refractivity contribution in [1.82, 2.24) is 4.72 Å². The Labute approximate surface area is 212 Å². The highest BCUT2D eigenvalue weighted by atomic mass is 35.5. The lowest BCUT2D eigenvalue weighted by atomic mass is 10.0. The van der Waals surface area contributed by atoms with Crippen LogP contribution in [0.2, 0.25) is 5.02 Å². The minimum Gasteiger partial charge on any atom is -0.462 e. The van der Waals surface area contributed by atoms with Gasteiger partial charge in [-0.15, -0.1) is 11.3 Å². The van der Waals surface area contributed by atoms with Crippen LogP contribution in [0.5, 0.6) is 0 Å². The molecular weight excluding hydrogens is 515 g/mol. The average molecular weight is 539 g/mol. The second-order valence-electron chi connectivity index (χ2n) is 7.49. The molecule has 2 N–H and O–H groups in total. The van der Waals surface area contributed by atoms with Crippen LogP contribution in [-0.2, 0) is 19.6 Å². The minimum absolute atomic E-state index is 0.134. The molecule has 1 atom stereocenters. The molecule has 0 aliphatic rings. The number of anilines is 1. The van der Waals surface area contributed by atoms with Gasteiger partial charge >= 0.3 is 5.97 Å². The number of rotatable bonds is 9. The van der Waals surface area contributed by atoms with Gasteiger partial charge in [0, 0.05) is 15.5 Å². The van der Waals surface area contributed by atoms with Gasteiger partial charge in [-0.2, -0.15) is 4.72 Å². The smallest absolute Gasteiger partial charge is 0.341 e. The van der Waals surface area contributed by atoms with Crippen molar-refractivity contribution < 1.29 is 27.1 Å². The summed E-state index contributed by atoms with van der Waals surface area (Å²) in [7, 11) is -4.09. The number of nitrogens with one attached hydrogen (secondary N) is 2. The predicted octanol–water partition coefficient (Wildman–Crippen LogP) is 5.39. The Morgan fingerprint density at radius 3 is 2.29 bits per heavy atom. The molecule has 0 saturated heterocycles. The molecule has 7 nitrogen and oxygen atoms in total. The first-order valence-electron chi connectivity index (χ1n) is 10.7. The average Bonchev–Trinajstić information content (AvgIpc) is 3.13. The highest BCUT2D eigenvalue weighted by molar-refractivity contribution is 7.89. The van der Waals surface area contributed by atoms with Gasteiger partial charge in [0.15, 0.2) is 0 Å². The summed E-state index contributed by atoms with van der Waals surface area (Å²) in [5, 5.41) is 3.47. The molecule has 35 heavy (non-hydrogen) atoms. The summed E-state index contributed by atoms with van der Waals surface area (Å²) in [6, 6.07) is 10.0. The number of hydrogen-bond acceptors (Lipinski definition) is 6. The molecule has 0 bridgehead atoms. The van der Waals surface area contributed by atoms with Gasteiger partial charge in [-0.25, -0.2) is 17.6 Å². The first kappa shape index (κ1) is 26.8. The molecule has 0 spiro atoms. The van der Waals surface area contributed by atoms with Gasteiger partial charge in [0.05, 0.1) is 11.5 Å². The number of esters is 1. The molecule has 3 aromatic rings. The number of sulfonamides is 1. The highest BCUT2D eigenvalue weighted by Crippen LogP contribution is 2.40. The van der Waals surface area contributed by atoms with E-state index in [9.17, 15) is 22.4 Å². The summed E-state index contributed by atoms with van der Waals surface area (Å²) in [5.41, 5.74) is 1.50. The van der Waals surface area contributed by atoms with Gasteiger partial charge in [-0.3, -0.25) is 4.79 Å². The summed E-state index contributed by atoms with van der Waals surface area (Å²) < 4.78 is 46.2. The fraction of sp³-hybridized carbons (Fsp3) is 0.250. The number of benzene rings is 2. The van der Waals surface area contributed by atoms with Crippen LogP contribution < -0.4 is 10.0 Å². The Morgan fingerprint density at radius 2 is 1.71 bits per heavy atom. The van der Waals surface area contributed by atoms with E-state index in [0.29, 0.717) is 10.6 Å². The maximum atomic E-state index is 13.2. The Hall–Kier alpha value is -2.79. The third-order valence-corrected chi connectivity index (χ3v) is 7.84. The number of aryl methyl sites for hydroxylation is 1. The topological polar surface area (TPSA) is 102 Å². The molecule has 2 aromatic carbocycles. The van der Waals surface area contributed by atoms with E-state index in [2.05, 4.69) is 10.0 Å². The van der Waals surface area contributed by atoms with Crippen LogP contribution >= 0.6 is 22.9 Å². The van der Waals surface area contributed by atoms with Crippen molar-refractivity contribution in [2.45, 2.75) is 38.1 Å². The maximum absolute atomic E-state index is 13.2. The van der Waals surface area contributed by atoms with E-state index in [0.717, 1.165) is 34.7 Å². The molecule has 0 fully saturated rings. The standard InChI is InChI=1S/C24H24ClFN2O5S2/c1-4-19(28-35(31,32)18-12-10-17(26)11-13-18)22(29)27-23-21(24(30)33-5-2)20(14(3)34-23)15-6-8-16(25)9-7-15/h6-13,19,28H,4-5H2,1-3H3,(H,27,29). The molecule has 1 aromatic heterocycles. The van der Waals surface area contributed by atoms with E-state index in [4.69, 9.17) is 16.3 Å². The molecule has 186 valence electrons. The summed E-state index contributed by atoms with van der Waals surface area (Å²) in [4.78, 5) is 26.5. The zero-order valence-electron chi connectivity index (χ0n) is 19.2. The number of amides is 1. The number of hydrogen-bond donors (Lipinski definition) is 2. The normalized spacial score (nSPS) is 12.3. The van der Waals surface area contributed by atoms with E-state index in [1.807, 2.05) is 6.92 Å². The number of carbonyl (C=O) groups excluding carboxylic acids is 2. The molecule has 1 unspecified atom stereocenters. The van der Waals surface area contributed by atoms with E-state index < -0.39 is 33.8 Å². The molecule has 1 heterocycles. The van der Waals surface area contributed by atoms with E-state index >= 15 is 0 Å². The summed E-state index contributed by atoms with van der Waals surface area (Å²) in [5.74, 6) is -1.84. The van der Waals surface area contributed by atoms with Gasteiger partial charge in [-0.1, -0.05) is 30.7 Å². The Morgan fingerprint density at radius 1 is 1.09 bits per heavy atom. The predicted molar refractivity (Wildman–Crippen MR) is 135 cm³/mol. The summed E-state index contributed by atoms with van der Waals surface area (Å²) in [6.07, 6.45) is 0.134. The fourth-order valence-electron chi connectivity index (χ4n) is 3.39. The lowest BCUT2D eigenvalue weighted by molar-refractivity contribution is -0.117. The number of halogens is 2. The summed E-state index contributed by atoms with van der Waals surface area (Å²) >= 11 is 7.18. The van der Waals surface area contributed by atoms with Gasteiger partial charge in [0.2, 0.25) is 15.9 Å². The Kier molecular flexibility index (Phi) is 8.65. The Balaban J connectivity index is 1.93. The fourth-order valence-corrected chi connectivity index (χ4v) is 5.86. The molecular formula is C24H24ClFN2O5S2. The maximum Gasteiger partial charge on any atom is 0.341 e. The highest BCUT2D eigenvalue weighted by Gasteiger charge is 2.29. The van der Waals surface area contributed by atoms with Crippen molar-refractivity contribution in [3.8, 4) is 11.1 Å². The lowest BCUT2D eigenvalue weighted by Crippen LogP contribution is -2.43. The molecule has 11 heteroatoms. The number of carbonyl (C=O) groups is 2. The van der Waals surface area contributed by atoms with Crippen LogP contribution in [0.25, 0.3) is 11.1 Å². The largest absolute Gasteiger partial charge is 0.462 e. The number of ether oxygens (including phenoxy) is 1. The second kappa shape index (κ2) is 11.3. The van der Waals surface area contributed by atoms with Crippen molar-refractivity contribution in [2.75, 3.05) is 11.9 Å². The van der Waals surface area contributed by atoms with Crippen LogP contribution in [0.1, 0.15) is 35.5 Å². The van der Waals surface area contributed by atoms with Crippen molar-refractivity contribution in [2.24, 2.45) is 0 Å². The molecule has 0 radical (unpaired) electrons. The minimum atomic E-state index is -4.09. The first-order chi connectivity index (χ1) is 16.6. The van der Waals surface area contributed by atoms with Gasteiger partial charge in [0.1, 0.15) is 22.4 Å². The van der Waals surface area contributed by atoms with Crippen LogP contribution in [-0.4, -0.2) is 32.9 Å². The van der Waals surface area contributed by atoms with E-state index in [-0.39, 0.29) is 28.5 Å². The summed E-state index contributed by atoms with van der Waals surface area (Å²) in [6.45, 7) is 5.26. The molecule has 0 aliphatic heterocycles. The monoisotopic (exact) mass is 538 g/mol. The van der Waals surface area contributed by atoms with E-state index in [1.165, 1.54) is 11.3 Å². The van der Waals surface area contributed by atoms with Crippen molar-refractivity contribution in [3.05, 3.63) is 69.8 Å². The zero-order valence-corrected chi connectivity index (χ0v) is 21.6. The molecule has 0 saturated carbocycles. The van der Waals surface area contributed by atoms with Crippen molar-refractivity contribution >= 4 is 49.8 Å². The van der Waals surface area contributed by atoms with E-state index in [1.54, 1.807) is 38.1 Å². The third kappa shape index (κ3) is 6.26. The van der Waals surface area contributed by atoms with Crippen molar-refractivity contribution in [1.29, 1.82) is 0 Å². The van der Waals surface area contributed by atoms with Crippen LogP contribution in [0.4, 0.5) is 9.39 Å². The van der Waals surface area contributed by atoms with Gasteiger partial charge in [0.25, 0.3) is 0 Å². The molecule has 0 aliphatic carbocycles. The molecule has 3 rings (SSSR count). The van der Waals surface area contributed by atoms with Gasteiger partial charge in [-0.05, 0) is 62.2 Å². The lowest BCUT2D eigenvalue weighted by Gasteiger charge is -2.17. The zero-order chi connectivity index (χ0) is 25.8. The van der Waals surface area contributed by atoms with Crippen molar-refractivity contribution in [3.63, 3.8) is 0 Å². The Bertz CT molecular complexity index is 1320. The first-order valence-corrected chi connectivity index (χ1v) is 13.4. The van der Waals surface area contributed by atoms with Crippen LogP contribution in [0.3, 0.4) is 0 Å². The number of thiophene rings is 1. The SMILES string of the molecule is CCOC(=O)c1c(NC(=O)C(CC)NS(=O)(=O)c2ccc(F)cc2)sc(C)c1-c1ccc(Cl)cc1.